The standard InChI is InChI=1S/C14H16O6/c1-18-11-3-2-9(13(15)14(16)17)8-12(11)20-10-4-6-19-7-5-10/h2-3,8,10H,4-7H2,1H3,(H,16,17). The van der Waals surface area contributed by atoms with Crippen LogP contribution < -0.4 is 9.47 Å². The van der Waals surface area contributed by atoms with E-state index in [-0.39, 0.29) is 11.7 Å². The van der Waals surface area contributed by atoms with E-state index in [4.69, 9.17) is 19.3 Å². The zero-order chi connectivity index (χ0) is 14.5. The first-order valence-corrected chi connectivity index (χ1v) is 6.32. The number of carbonyl (C=O) groups is 2. The number of rotatable bonds is 5. The molecule has 0 aromatic heterocycles. The summed E-state index contributed by atoms with van der Waals surface area (Å²) in [4.78, 5) is 22.2. The van der Waals surface area contributed by atoms with Crippen LogP contribution in [0.4, 0.5) is 0 Å². The first-order chi connectivity index (χ1) is 9.61. The summed E-state index contributed by atoms with van der Waals surface area (Å²) >= 11 is 0. The van der Waals surface area contributed by atoms with Gasteiger partial charge in [-0.1, -0.05) is 0 Å². The Bertz CT molecular complexity index is 504. The maximum Gasteiger partial charge on any atom is 0.377 e. The van der Waals surface area contributed by atoms with Crippen LogP contribution in [0.1, 0.15) is 23.2 Å². The third-order valence-corrected chi connectivity index (χ3v) is 3.08. The third-order valence-electron chi connectivity index (χ3n) is 3.08. The molecule has 1 N–H and O–H groups in total. The number of aliphatic carboxylic acids is 1. The van der Waals surface area contributed by atoms with E-state index in [0.717, 1.165) is 12.8 Å². The Labute approximate surface area is 116 Å². The van der Waals surface area contributed by atoms with Crippen LogP contribution in [0.3, 0.4) is 0 Å². The van der Waals surface area contributed by atoms with E-state index in [1.54, 1.807) is 0 Å². The van der Waals surface area contributed by atoms with E-state index in [0.29, 0.717) is 24.7 Å². The van der Waals surface area contributed by atoms with Crippen LogP contribution in [0.5, 0.6) is 11.5 Å². The van der Waals surface area contributed by atoms with Crippen LogP contribution in [0, 0.1) is 0 Å². The van der Waals surface area contributed by atoms with E-state index >= 15 is 0 Å². The summed E-state index contributed by atoms with van der Waals surface area (Å²) < 4.78 is 16.2. The highest BCUT2D eigenvalue weighted by atomic mass is 16.5. The smallest absolute Gasteiger partial charge is 0.377 e. The number of methoxy groups -OCH3 is 1. The van der Waals surface area contributed by atoms with Gasteiger partial charge < -0.3 is 19.3 Å². The highest BCUT2D eigenvalue weighted by molar-refractivity contribution is 6.39. The minimum absolute atomic E-state index is 0.0205. The molecule has 20 heavy (non-hydrogen) atoms. The molecule has 1 aliphatic rings. The SMILES string of the molecule is COc1ccc(C(=O)C(=O)O)cc1OC1CCOCC1. The molecular weight excluding hydrogens is 264 g/mol. The highest BCUT2D eigenvalue weighted by Crippen LogP contribution is 2.30. The van der Waals surface area contributed by atoms with E-state index in [9.17, 15) is 9.59 Å². The van der Waals surface area contributed by atoms with Crippen molar-refractivity contribution in [1.82, 2.24) is 0 Å². The number of ketones is 1. The number of Topliss-reactive ketones (excluding diaryl/α,β-unsaturated/α-hetero) is 1. The van der Waals surface area contributed by atoms with Gasteiger partial charge in [0.15, 0.2) is 11.5 Å². The molecule has 2 rings (SSSR count). The number of ether oxygens (including phenoxy) is 3. The molecule has 0 saturated carbocycles. The summed E-state index contributed by atoms with van der Waals surface area (Å²) in [5, 5.41) is 8.74. The minimum Gasteiger partial charge on any atom is -0.493 e. The minimum atomic E-state index is -1.49. The van der Waals surface area contributed by atoms with Crippen molar-refractivity contribution < 1.29 is 28.9 Å². The van der Waals surface area contributed by atoms with Crippen LogP contribution in [0.25, 0.3) is 0 Å². The molecule has 1 heterocycles. The summed E-state index contributed by atoms with van der Waals surface area (Å²) in [5.74, 6) is -1.61. The molecule has 0 amide bonds. The molecule has 1 saturated heterocycles. The number of carboxylic acids is 1. The Morgan fingerprint density at radius 1 is 1.25 bits per heavy atom. The Balaban J connectivity index is 2.21. The molecule has 1 aliphatic heterocycles. The van der Waals surface area contributed by atoms with Crippen LogP contribution in [-0.4, -0.2) is 43.3 Å². The van der Waals surface area contributed by atoms with Gasteiger partial charge in [-0.25, -0.2) is 4.79 Å². The molecule has 0 unspecified atom stereocenters. The second-order valence-corrected chi connectivity index (χ2v) is 4.43. The summed E-state index contributed by atoms with van der Waals surface area (Å²) in [6, 6.07) is 4.35. The fourth-order valence-corrected chi connectivity index (χ4v) is 2.01. The summed E-state index contributed by atoms with van der Waals surface area (Å²) in [5.41, 5.74) is 0.0698. The summed E-state index contributed by atoms with van der Waals surface area (Å²) in [6.45, 7) is 1.25. The van der Waals surface area contributed by atoms with Gasteiger partial charge in [0, 0.05) is 18.4 Å². The maximum atomic E-state index is 11.5. The number of carboxylic acid groups (broad SMARTS) is 1. The van der Waals surface area contributed by atoms with Gasteiger partial charge in [-0.3, -0.25) is 4.79 Å². The van der Waals surface area contributed by atoms with Crippen LogP contribution in [0.15, 0.2) is 18.2 Å². The number of hydrogen-bond donors (Lipinski definition) is 1. The number of benzene rings is 1. The fourth-order valence-electron chi connectivity index (χ4n) is 2.01. The van der Waals surface area contributed by atoms with Gasteiger partial charge in [0.05, 0.1) is 20.3 Å². The van der Waals surface area contributed by atoms with Crippen LogP contribution >= 0.6 is 0 Å². The first kappa shape index (κ1) is 14.3. The zero-order valence-electron chi connectivity index (χ0n) is 11.1. The van der Waals surface area contributed by atoms with E-state index < -0.39 is 11.8 Å². The third kappa shape index (κ3) is 3.27. The van der Waals surface area contributed by atoms with E-state index in [2.05, 4.69) is 0 Å². The lowest BCUT2D eigenvalue weighted by Crippen LogP contribution is -2.26. The van der Waals surface area contributed by atoms with Crippen molar-refractivity contribution in [3.05, 3.63) is 23.8 Å². The first-order valence-electron chi connectivity index (χ1n) is 6.32. The predicted molar refractivity (Wildman–Crippen MR) is 69.4 cm³/mol. The average molecular weight is 280 g/mol. The molecule has 1 fully saturated rings. The Morgan fingerprint density at radius 2 is 1.95 bits per heavy atom. The average Bonchev–Trinajstić information content (AvgIpc) is 2.47. The number of carbonyl (C=O) groups excluding carboxylic acids is 1. The second-order valence-electron chi connectivity index (χ2n) is 4.43. The van der Waals surface area contributed by atoms with Crippen molar-refractivity contribution >= 4 is 11.8 Å². The lowest BCUT2D eigenvalue weighted by molar-refractivity contribution is -0.131. The van der Waals surface area contributed by atoms with Crippen LogP contribution in [0.2, 0.25) is 0 Å². The van der Waals surface area contributed by atoms with Gasteiger partial charge in [-0.05, 0) is 18.2 Å². The van der Waals surface area contributed by atoms with Crippen LogP contribution in [-0.2, 0) is 9.53 Å². The lowest BCUT2D eigenvalue weighted by atomic mass is 10.1. The molecule has 0 aliphatic carbocycles. The van der Waals surface area contributed by atoms with Gasteiger partial charge in [0.2, 0.25) is 0 Å². The molecule has 1 aromatic rings. The van der Waals surface area contributed by atoms with Crippen molar-refractivity contribution in [2.45, 2.75) is 18.9 Å². The van der Waals surface area contributed by atoms with Crippen molar-refractivity contribution in [3.8, 4) is 11.5 Å². The molecule has 6 heteroatoms. The quantitative estimate of drug-likeness (QED) is 0.650. The summed E-state index contributed by atoms with van der Waals surface area (Å²) in [6.07, 6.45) is 1.48. The molecule has 0 spiro atoms. The lowest BCUT2D eigenvalue weighted by Gasteiger charge is -2.24. The maximum absolute atomic E-state index is 11.5. The Hall–Kier alpha value is -2.08. The highest BCUT2D eigenvalue weighted by Gasteiger charge is 2.20. The molecule has 0 bridgehead atoms. The van der Waals surface area contributed by atoms with Gasteiger partial charge in [0.1, 0.15) is 6.10 Å². The fraction of sp³-hybridized carbons (Fsp3) is 0.429. The van der Waals surface area contributed by atoms with Gasteiger partial charge >= 0.3 is 5.97 Å². The van der Waals surface area contributed by atoms with Gasteiger partial charge in [0.25, 0.3) is 5.78 Å². The number of hydrogen-bond acceptors (Lipinski definition) is 5. The Kier molecular flexibility index (Phi) is 4.57. The molecule has 0 atom stereocenters. The summed E-state index contributed by atoms with van der Waals surface area (Å²) in [7, 11) is 1.49. The molecular formula is C14H16O6. The van der Waals surface area contributed by atoms with Crippen molar-refractivity contribution in [2.75, 3.05) is 20.3 Å². The normalized spacial score (nSPS) is 15.7. The van der Waals surface area contributed by atoms with E-state index in [1.807, 2.05) is 0 Å². The van der Waals surface area contributed by atoms with Gasteiger partial charge in [-0.2, -0.15) is 0 Å². The molecule has 1 aromatic carbocycles. The van der Waals surface area contributed by atoms with Crippen molar-refractivity contribution in [2.24, 2.45) is 0 Å². The second kappa shape index (κ2) is 6.38. The van der Waals surface area contributed by atoms with E-state index in [1.165, 1.54) is 25.3 Å². The Morgan fingerprint density at radius 3 is 2.55 bits per heavy atom. The molecule has 108 valence electrons. The predicted octanol–water partition coefficient (Wildman–Crippen LogP) is 1.52. The van der Waals surface area contributed by atoms with Crippen molar-refractivity contribution in [1.29, 1.82) is 0 Å². The topological polar surface area (TPSA) is 82.1 Å². The van der Waals surface area contributed by atoms with Crippen molar-refractivity contribution in [3.63, 3.8) is 0 Å². The molecule has 0 radical (unpaired) electrons. The monoisotopic (exact) mass is 280 g/mol. The zero-order valence-corrected chi connectivity index (χ0v) is 11.1. The van der Waals surface area contributed by atoms with Gasteiger partial charge in [-0.15, -0.1) is 0 Å². The molecule has 6 nitrogen and oxygen atoms in total. The largest absolute Gasteiger partial charge is 0.493 e.